The summed E-state index contributed by atoms with van der Waals surface area (Å²) < 4.78 is 21.1. The maximum absolute atomic E-state index is 5.46. The van der Waals surface area contributed by atoms with Gasteiger partial charge in [0, 0.05) is 0 Å². The van der Waals surface area contributed by atoms with Crippen LogP contribution in [0.3, 0.4) is 0 Å². The third-order valence-corrected chi connectivity index (χ3v) is 4.12. The number of ether oxygens (including phenoxy) is 2. The van der Waals surface area contributed by atoms with Crippen LogP contribution < -0.4 is 9.47 Å². The highest BCUT2D eigenvalue weighted by molar-refractivity contribution is 8.73. The number of benzene rings is 2. The van der Waals surface area contributed by atoms with Gasteiger partial charge in [0.2, 0.25) is 0 Å². The molecule has 2 aromatic rings. The summed E-state index contributed by atoms with van der Waals surface area (Å²) in [5, 5.41) is 0. The number of methoxy groups -OCH3 is 2. The van der Waals surface area contributed by atoms with Gasteiger partial charge in [-0.3, -0.25) is 8.37 Å². The molecule has 0 aliphatic rings. The summed E-state index contributed by atoms with van der Waals surface area (Å²) in [5.74, 6) is 1.68. The maximum atomic E-state index is 5.46. The Morgan fingerprint density at radius 1 is 0.636 bits per heavy atom. The van der Waals surface area contributed by atoms with Crippen LogP contribution in [0, 0.1) is 0 Å². The van der Waals surface area contributed by atoms with Crippen molar-refractivity contribution in [2.24, 2.45) is 0 Å². The Morgan fingerprint density at radius 3 is 1.32 bits per heavy atom. The molecule has 0 spiro atoms. The first-order valence-electron chi connectivity index (χ1n) is 6.65. The summed E-state index contributed by atoms with van der Waals surface area (Å²) in [6.07, 6.45) is 0. The molecule has 2 aromatic carbocycles. The molecule has 0 atom stereocenters. The van der Waals surface area contributed by atoms with E-state index in [9.17, 15) is 0 Å². The fraction of sp³-hybridized carbons (Fsp3) is 0.250. The molecule has 0 saturated carbocycles. The molecule has 0 aromatic heterocycles. The van der Waals surface area contributed by atoms with Crippen LogP contribution in [0.25, 0.3) is 0 Å². The van der Waals surface area contributed by atoms with E-state index in [0.29, 0.717) is 13.2 Å². The molecule has 0 N–H and O–H groups in total. The van der Waals surface area contributed by atoms with E-state index in [4.69, 9.17) is 17.8 Å². The Hall–Kier alpha value is -1.34. The van der Waals surface area contributed by atoms with Gasteiger partial charge in [-0.15, -0.1) is 0 Å². The molecule has 0 fully saturated rings. The van der Waals surface area contributed by atoms with Crippen LogP contribution in [-0.2, 0) is 21.6 Å². The highest BCUT2D eigenvalue weighted by atomic mass is 33.1. The Balaban J connectivity index is 1.58. The van der Waals surface area contributed by atoms with Crippen molar-refractivity contribution in [1.82, 2.24) is 0 Å². The van der Waals surface area contributed by atoms with Crippen molar-refractivity contribution >= 4 is 22.1 Å². The molecule has 0 aliphatic heterocycles. The second-order valence-corrected chi connectivity index (χ2v) is 5.92. The standard InChI is InChI=1S/C16H18O4S2/c1-17-15-7-3-13(4-8-15)11-19-21-22-20-12-14-5-9-16(18-2)10-6-14/h3-10H,11-12H2,1-2H3. The Labute approximate surface area is 138 Å². The first-order valence-corrected chi connectivity index (χ1v) is 8.65. The second-order valence-electron chi connectivity index (χ2n) is 4.36. The first kappa shape index (κ1) is 17.0. The maximum Gasteiger partial charge on any atom is 0.118 e. The van der Waals surface area contributed by atoms with Crippen LogP contribution in [0.15, 0.2) is 48.5 Å². The van der Waals surface area contributed by atoms with E-state index in [2.05, 4.69) is 0 Å². The summed E-state index contributed by atoms with van der Waals surface area (Å²) in [4.78, 5) is 0. The van der Waals surface area contributed by atoms with Gasteiger partial charge in [-0.05, 0) is 35.4 Å². The van der Waals surface area contributed by atoms with E-state index in [-0.39, 0.29) is 0 Å². The summed E-state index contributed by atoms with van der Waals surface area (Å²) in [7, 11) is 3.30. The van der Waals surface area contributed by atoms with Gasteiger partial charge in [-0.1, -0.05) is 24.3 Å². The molecule has 6 heteroatoms. The van der Waals surface area contributed by atoms with Crippen LogP contribution >= 0.6 is 22.1 Å². The average molecular weight is 338 g/mol. The lowest BCUT2D eigenvalue weighted by Crippen LogP contribution is -1.88. The SMILES string of the molecule is COc1ccc(COSSOCc2ccc(OC)cc2)cc1. The molecular weight excluding hydrogens is 320 g/mol. The van der Waals surface area contributed by atoms with Gasteiger partial charge in [0.25, 0.3) is 0 Å². The zero-order valence-corrected chi connectivity index (χ0v) is 14.1. The van der Waals surface area contributed by atoms with Crippen molar-refractivity contribution in [2.45, 2.75) is 13.2 Å². The normalized spacial score (nSPS) is 10.5. The molecule has 22 heavy (non-hydrogen) atoms. The van der Waals surface area contributed by atoms with Gasteiger partial charge in [0.15, 0.2) is 0 Å². The zero-order valence-electron chi connectivity index (χ0n) is 12.5. The Morgan fingerprint density at radius 2 is 1.00 bits per heavy atom. The number of hydrogen-bond donors (Lipinski definition) is 0. The predicted molar refractivity (Wildman–Crippen MR) is 90.7 cm³/mol. The van der Waals surface area contributed by atoms with E-state index in [1.54, 1.807) is 14.2 Å². The van der Waals surface area contributed by atoms with Crippen LogP contribution in [0.2, 0.25) is 0 Å². The van der Waals surface area contributed by atoms with Crippen molar-refractivity contribution in [3.63, 3.8) is 0 Å². The van der Waals surface area contributed by atoms with Crippen LogP contribution in [0.1, 0.15) is 11.1 Å². The molecule has 0 amide bonds. The molecule has 0 radical (unpaired) electrons. The second kappa shape index (κ2) is 9.63. The quantitative estimate of drug-likeness (QED) is 0.376. The van der Waals surface area contributed by atoms with Crippen LogP contribution in [-0.4, -0.2) is 14.2 Å². The molecule has 118 valence electrons. The van der Waals surface area contributed by atoms with Crippen molar-refractivity contribution in [3.8, 4) is 11.5 Å². The van der Waals surface area contributed by atoms with E-state index in [0.717, 1.165) is 22.6 Å². The van der Waals surface area contributed by atoms with Gasteiger partial charge in [-0.2, -0.15) is 0 Å². The summed E-state index contributed by atoms with van der Waals surface area (Å²) >= 11 is 2.45. The lowest BCUT2D eigenvalue weighted by molar-refractivity contribution is 0.355. The van der Waals surface area contributed by atoms with Gasteiger partial charge in [0.05, 0.1) is 49.6 Å². The lowest BCUT2D eigenvalue weighted by atomic mass is 10.2. The molecule has 0 unspecified atom stereocenters. The molecule has 0 aliphatic carbocycles. The molecule has 4 nitrogen and oxygen atoms in total. The summed E-state index contributed by atoms with van der Waals surface area (Å²) in [6.45, 7) is 1.04. The van der Waals surface area contributed by atoms with Gasteiger partial charge in [-0.25, -0.2) is 0 Å². The third kappa shape index (κ3) is 5.81. The number of rotatable bonds is 9. The molecule has 0 heterocycles. The fourth-order valence-electron chi connectivity index (χ4n) is 1.67. The van der Waals surface area contributed by atoms with Gasteiger partial charge in [0.1, 0.15) is 11.5 Å². The smallest absolute Gasteiger partial charge is 0.118 e. The largest absolute Gasteiger partial charge is 0.497 e. The molecule has 0 bridgehead atoms. The zero-order chi connectivity index (χ0) is 15.6. The highest BCUT2D eigenvalue weighted by Gasteiger charge is 1.99. The van der Waals surface area contributed by atoms with E-state index >= 15 is 0 Å². The fourth-order valence-corrected chi connectivity index (χ4v) is 2.64. The van der Waals surface area contributed by atoms with Crippen molar-refractivity contribution < 1.29 is 17.8 Å². The monoisotopic (exact) mass is 338 g/mol. The minimum Gasteiger partial charge on any atom is -0.497 e. The summed E-state index contributed by atoms with van der Waals surface area (Å²) in [5.41, 5.74) is 2.17. The Kier molecular flexibility index (Phi) is 7.45. The van der Waals surface area contributed by atoms with Crippen molar-refractivity contribution in [2.75, 3.05) is 14.2 Å². The van der Waals surface area contributed by atoms with E-state index in [1.165, 1.54) is 22.1 Å². The minimum atomic E-state index is 0.521. The van der Waals surface area contributed by atoms with Gasteiger partial charge >= 0.3 is 0 Å². The van der Waals surface area contributed by atoms with Crippen LogP contribution in [0.4, 0.5) is 0 Å². The van der Waals surface area contributed by atoms with Gasteiger partial charge < -0.3 is 9.47 Å². The molecule has 0 saturated heterocycles. The summed E-state index contributed by atoms with van der Waals surface area (Å²) in [6, 6.07) is 15.6. The third-order valence-electron chi connectivity index (χ3n) is 2.89. The number of hydrogen-bond acceptors (Lipinski definition) is 6. The van der Waals surface area contributed by atoms with Crippen molar-refractivity contribution in [1.29, 1.82) is 0 Å². The average Bonchev–Trinajstić information content (AvgIpc) is 2.59. The van der Waals surface area contributed by atoms with Crippen LogP contribution in [0.5, 0.6) is 11.5 Å². The molecule has 2 rings (SSSR count). The van der Waals surface area contributed by atoms with E-state index in [1.807, 2.05) is 48.5 Å². The Bertz CT molecular complexity index is 492. The lowest BCUT2D eigenvalue weighted by Gasteiger charge is -2.05. The first-order chi connectivity index (χ1) is 10.8. The minimum absolute atomic E-state index is 0.521. The van der Waals surface area contributed by atoms with E-state index < -0.39 is 0 Å². The van der Waals surface area contributed by atoms with Crippen molar-refractivity contribution in [3.05, 3.63) is 59.7 Å². The molecular formula is C16H18O4S2. The highest BCUT2D eigenvalue weighted by Crippen LogP contribution is 2.27. The predicted octanol–water partition coefficient (Wildman–Crippen LogP) is 4.65. The topological polar surface area (TPSA) is 36.9 Å².